The smallest absolute Gasteiger partial charge is 0.410 e. The molecule has 3 aromatic rings. The Bertz CT molecular complexity index is 1130. The number of aromatic amines is 1. The predicted octanol–water partition coefficient (Wildman–Crippen LogP) is 2.14. The fraction of sp³-hybridized carbons (Fsp3) is 0.333. The van der Waals surface area contributed by atoms with Gasteiger partial charge in [-0.25, -0.2) is 9.18 Å². The van der Waals surface area contributed by atoms with Crippen LogP contribution in [0.1, 0.15) is 15.9 Å². The van der Waals surface area contributed by atoms with Gasteiger partial charge in [0.2, 0.25) is 0 Å². The van der Waals surface area contributed by atoms with Crippen molar-refractivity contribution in [3.63, 3.8) is 0 Å². The van der Waals surface area contributed by atoms with Crippen LogP contribution in [0.2, 0.25) is 0 Å². The molecule has 160 valence electrons. The van der Waals surface area contributed by atoms with E-state index in [0.717, 1.165) is 6.07 Å². The first-order valence-corrected chi connectivity index (χ1v) is 9.96. The van der Waals surface area contributed by atoms with E-state index in [0.29, 0.717) is 48.3 Å². The highest BCUT2D eigenvalue weighted by atomic mass is 19.1. The highest BCUT2D eigenvalue weighted by Gasteiger charge is 2.43. The van der Waals surface area contributed by atoms with E-state index in [1.165, 1.54) is 12.1 Å². The van der Waals surface area contributed by atoms with Crippen LogP contribution in [0.4, 0.5) is 9.18 Å². The standard InChI is InChI=1S/C21H20FN5O4/c22-16-3-12(4-17(28)6-16)11-31-21(30)27-9-14-7-26(8-15(14)10-27)20(29)13-1-2-18-19(5-13)24-25-23-18/h1-6,14-15,28H,7-11H2,(H,23,24,25). The summed E-state index contributed by atoms with van der Waals surface area (Å²) in [5, 5.41) is 20.0. The van der Waals surface area contributed by atoms with Gasteiger partial charge in [-0.1, -0.05) is 0 Å². The van der Waals surface area contributed by atoms with Crippen molar-refractivity contribution in [2.24, 2.45) is 11.8 Å². The molecule has 2 atom stereocenters. The summed E-state index contributed by atoms with van der Waals surface area (Å²) in [5.41, 5.74) is 2.30. The van der Waals surface area contributed by atoms with E-state index in [4.69, 9.17) is 4.74 Å². The number of amides is 2. The van der Waals surface area contributed by atoms with E-state index < -0.39 is 11.9 Å². The van der Waals surface area contributed by atoms with Gasteiger partial charge in [0, 0.05) is 49.6 Å². The van der Waals surface area contributed by atoms with Gasteiger partial charge in [0.05, 0.1) is 0 Å². The van der Waals surface area contributed by atoms with Gasteiger partial charge in [-0.05, 0) is 35.9 Å². The number of carbonyl (C=O) groups excluding carboxylic acids is 2. The van der Waals surface area contributed by atoms with E-state index in [1.54, 1.807) is 23.1 Å². The molecule has 2 saturated heterocycles. The number of carbonyl (C=O) groups is 2. The molecule has 1 aromatic heterocycles. The number of nitrogens with zero attached hydrogens (tertiary/aromatic N) is 4. The average Bonchev–Trinajstić information content (AvgIpc) is 3.44. The summed E-state index contributed by atoms with van der Waals surface area (Å²) >= 11 is 0. The first-order chi connectivity index (χ1) is 15.0. The van der Waals surface area contributed by atoms with Gasteiger partial charge in [-0.2, -0.15) is 15.4 Å². The van der Waals surface area contributed by atoms with Crippen molar-refractivity contribution in [2.45, 2.75) is 6.61 Å². The lowest BCUT2D eigenvalue weighted by molar-refractivity contribution is 0.0764. The number of aromatic nitrogens is 3. The van der Waals surface area contributed by atoms with Crippen LogP contribution in [-0.4, -0.2) is 68.5 Å². The van der Waals surface area contributed by atoms with Crippen molar-refractivity contribution in [3.8, 4) is 5.75 Å². The van der Waals surface area contributed by atoms with E-state index in [2.05, 4.69) is 15.4 Å². The molecule has 2 N–H and O–H groups in total. The molecule has 3 heterocycles. The molecule has 2 fully saturated rings. The topological polar surface area (TPSA) is 112 Å². The van der Waals surface area contributed by atoms with E-state index >= 15 is 0 Å². The molecule has 0 bridgehead atoms. The molecule has 2 amide bonds. The SMILES string of the molecule is O=C(OCc1cc(O)cc(F)c1)N1CC2CN(C(=O)c3ccc4n[nH]nc4c3)CC2C1. The number of fused-ring (bicyclic) bond motifs is 2. The molecule has 2 aliphatic rings. The monoisotopic (exact) mass is 425 g/mol. The van der Waals surface area contributed by atoms with Gasteiger partial charge in [0.15, 0.2) is 0 Å². The van der Waals surface area contributed by atoms with Crippen molar-refractivity contribution in [1.29, 1.82) is 0 Å². The molecule has 0 spiro atoms. The third-order valence-corrected chi connectivity index (χ3v) is 5.90. The van der Waals surface area contributed by atoms with Crippen LogP contribution in [0.3, 0.4) is 0 Å². The number of phenolic OH excluding ortho intramolecular Hbond substituents is 1. The average molecular weight is 425 g/mol. The number of hydrogen-bond donors (Lipinski definition) is 2. The van der Waals surface area contributed by atoms with Crippen LogP contribution in [-0.2, 0) is 11.3 Å². The van der Waals surface area contributed by atoms with E-state index in [-0.39, 0.29) is 30.1 Å². The normalized spacial score (nSPS) is 20.3. The van der Waals surface area contributed by atoms with Crippen LogP contribution < -0.4 is 0 Å². The Morgan fingerprint density at radius 3 is 2.48 bits per heavy atom. The van der Waals surface area contributed by atoms with Crippen LogP contribution in [0.5, 0.6) is 5.75 Å². The van der Waals surface area contributed by atoms with Gasteiger partial charge in [0.25, 0.3) is 5.91 Å². The third-order valence-electron chi connectivity index (χ3n) is 5.90. The number of likely N-dealkylation sites (tertiary alicyclic amines) is 2. The Kier molecular flexibility index (Phi) is 4.68. The number of phenols is 1. The summed E-state index contributed by atoms with van der Waals surface area (Å²) in [7, 11) is 0. The zero-order valence-corrected chi connectivity index (χ0v) is 16.5. The zero-order valence-electron chi connectivity index (χ0n) is 16.5. The van der Waals surface area contributed by atoms with Gasteiger partial charge in [0.1, 0.15) is 29.2 Å². The molecule has 2 aromatic carbocycles. The minimum absolute atomic E-state index is 0.0562. The number of benzene rings is 2. The molecular formula is C21H20FN5O4. The minimum Gasteiger partial charge on any atom is -0.508 e. The van der Waals surface area contributed by atoms with Crippen molar-refractivity contribution in [1.82, 2.24) is 25.2 Å². The highest BCUT2D eigenvalue weighted by Crippen LogP contribution is 2.32. The second-order valence-electron chi connectivity index (χ2n) is 8.03. The fourth-order valence-electron chi connectivity index (χ4n) is 4.42. The summed E-state index contributed by atoms with van der Waals surface area (Å²) in [4.78, 5) is 28.7. The zero-order chi connectivity index (χ0) is 21.5. The van der Waals surface area contributed by atoms with Gasteiger partial charge in [-0.3, -0.25) is 4.79 Å². The van der Waals surface area contributed by atoms with Crippen molar-refractivity contribution >= 4 is 23.0 Å². The summed E-state index contributed by atoms with van der Waals surface area (Å²) in [6.07, 6.45) is -0.479. The maximum atomic E-state index is 13.3. The molecule has 0 saturated carbocycles. The Labute approximate surface area is 176 Å². The second-order valence-corrected chi connectivity index (χ2v) is 8.03. The van der Waals surface area contributed by atoms with Crippen LogP contribution in [0.25, 0.3) is 11.0 Å². The fourth-order valence-corrected chi connectivity index (χ4v) is 4.42. The van der Waals surface area contributed by atoms with Crippen LogP contribution in [0.15, 0.2) is 36.4 Å². The van der Waals surface area contributed by atoms with E-state index in [9.17, 15) is 19.1 Å². The summed E-state index contributed by atoms with van der Waals surface area (Å²) in [6.45, 7) is 2.03. The molecule has 0 aliphatic carbocycles. The van der Waals surface area contributed by atoms with E-state index in [1.807, 2.05) is 4.90 Å². The van der Waals surface area contributed by atoms with Crippen molar-refractivity contribution in [3.05, 3.63) is 53.3 Å². The molecule has 31 heavy (non-hydrogen) atoms. The lowest BCUT2D eigenvalue weighted by Crippen LogP contribution is -2.35. The minimum atomic E-state index is -0.589. The Hall–Kier alpha value is -3.69. The number of ether oxygens (including phenoxy) is 1. The number of halogens is 1. The Morgan fingerprint density at radius 2 is 1.74 bits per heavy atom. The maximum absolute atomic E-state index is 13.3. The van der Waals surface area contributed by atoms with Crippen molar-refractivity contribution in [2.75, 3.05) is 26.2 Å². The van der Waals surface area contributed by atoms with Gasteiger partial charge < -0.3 is 19.6 Å². The summed E-state index contributed by atoms with van der Waals surface area (Å²) in [6, 6.07) is 8.79. The molecule has 5 rings (SSSR count). The molecule has 10 heteroatoms. The number of hydrogen-bond acceptors (Lipinski definition) is 6. The van der Waals surface area contributed by atoms with Gasteiger partial charge >= 0.3 is 6.09 Å². The molecule has 0 radical (unpaired) electrons. The quantitative estimate of drug-likeness (QED) is 0.665. The second kappa shape index (κ2) is 7.53. The Balaban J connectivity index is 1.16. The number of nitrogens with one attached hydrogen (secondary N) is 1. The maximum Gasteiger partial charge on any atom is 0.410 e. The van der Waals surface area contributed by atoms with Crippen LogP contribution in [0, 0.1) is 17.7 Å². The molecule has 2 unspecified atom stereocenters. The first kappa shape index (κ1) is 19.3. The highest BCUT2D eigenvalue weighted by molar-refractivity contribution is 5.97. The summed E-state index contributed by atoms with van der Waals surface area (Å²) < 4.78 is 18.6. The number of aromatic hydroxyl groups is 1. The first-order valence-electron chi connectivity index (χ1n) is 9.96. The largest absolute Gasteiger partial charge is 0.508 e. The Morgan fingerprint density at radius 1 is 1.03 bits per heavy atom. The molecular weight excluding hydrogens is 405 g/mol. The molecule has 9 nitrogen and oxygen atoms in total. The molecule has 2 aliphatic heterocycles. The predicted molar refractivity (Wildman–Crippen MR) is 107 cm³/mol. The van der Waals surface area contributed by atoms with Crippen LogP contribution >= 0.6 is 0 Å². The van der Waals surface area contributed by atoms with Gasteiger partial charge in [-0.15, -0.1) is 0 Å². The summed E-state index contributed by atoms with van der Waals surface area (Å²) in [5.74, 6) is -0.487. The number of H-pyrrole nitrogens is 1. The third kappa shape index (κ3) is 3.76. The van der Waals surface area contributed by atoms with Crippen molar-refractivity contribution < 1.29 is 23.8 Å². The lowest BCUT2D eigenvalue weighted by atomic mass is 10.0. The lowest BCUT2D eigenvalue weighted by Gasteiger charge is -2.21. The number of rotatable bonds is 3.